The number of para-hydroxylation sites is 1. The molecule has 3 rings (SSSR count). The number of hydrogen-bond acceptors (Lipinski definition) is 4. The molecule has 1 aliphatic rings. The van der Waals surface area contributed by atoms with Crippen LogP contribution in [0.15, 0.2) is 42.5 Å². The molecule has 1 fully saturated rings. The quantitative estimate of drug-likeness (QED) is 0.847. The Bertz CT molecular complexity index is 804. The first-order valence-electron chi connectivity index (χ1n) is 9.18. The van der Waals surface area contributed by atoms with Gasteiger partial charge in [-0.3, -0.25) is 9.69 Å². The van der Waals surface area contributed by atoms with Gasteiger partial charge in [-0.25, -0.2) is 0 Å². The van der Waals surface area contributed by atoms with Gasteiger partial charge in [-0.1, -0.05) is 29.8 Å². The molecule has 1 saturated heterocycles. The average Bonchev–Trinajstić information content (AvgIpc) is 2.68. The number of amides is 1. The second-order valence-corrected chi connectivity index (χ2v) is 7.26. The van der Waals surface area contributed by atoms with E-state index in [2.05, 4.69) is 46.3 Å². The SMILES string of the molecule is COc1ccc(Cl)cc1NC(=O)[C@@H](C)N1CCN(c2ccccc2C)CC1. The maximum atomic E-state index is 12.7. The number of carbonyl (C=O) groups is 1. The number of halogens is 1. The van der Waals surface area contributed by atoms with Crippen molar-refractivity contribution in [1.29, 1.82) is 0 Å². The van der Waals surface area contributed by atoms with Crippen LogP contribution < -0.4 is 15.0 Å². The van der Waals surface area contributed by atoms with Crippen LogP contribution >= 0.6 is 11.6 Å². The van der Waals surface area contributed by atoms with E-state index < -0.39 is 0 Å². The summed E-state index contributed by atoms with van der Waals surface area (Å²) in [5.41, 5.74) is 3.16. The molecule has 2 aromatic rings. The number of rotatable bonds is 5. The van der Waals surface area contributed by atoms with Gasteiger partial charge in [0.1, 0.15) is 5.75 Å². The molecule has 5 nitrogen and oxygen atoms in total. The first-order chi connectivity index (χ1) is 13.0. The summed E-state index contributed by atoms with van der Waals surface area (Å²) >= 11 is 6.05. The zero-order chi connectivity index (χ0) is 19.4. The lowest BCUT2D eigenvalue weighted by atomic mass is 10.1. The minimum atomic E-state index is -0.229. The number of hydrogen-bond donors (Lipinski definition) is 1. The smallest absolute Gasteiger partial charge is 0.241 e. The van der Waals surface area contributed by atoms with Crippen LogP contribution in [0, 0.1) is 6.92 Å². The minimum absolute atomic E-state index is 0.0556. The van der Waals surface area contributed by atoms with Gasteiger partial charge < -0.3 is 15.0 Å². The molecule has 27 heavy (non-hydrogen) atoms. The summed E-state index contributed by atoms with van der Waals surface area (Å²) in [5, 5.41) is 3.51. The minimum Gasteiger partial charge on any atom is -0.495 e. The lowest BCUT2D eigenvalue weighted by molar-refractivity contribution is -0.120. The Labute approximate surface area is 165 Å². The highest BCUT2D eigenvalue weighted by atomic mass is 35.5. The topological polar surface area (TPSA) is 44.8 Å². The zero-order valence-electron chi connectivity index (χ0n) is 16.0. The summed E-state index contributed by atoms with van der Waals surface area (Å²) in [6, 6.07) is 13.4. The van der Waals surface area contributed by atoms with Crippen molar-refractivity contribution in [2.75, 3.05) is 43.5 Å². The van der Waals surface area contributed by atoms with Gasteiger partial charge in [0.05, 0.1) is 18.8 Å². The van der Waals surface area contributed by atoms with Gasteiger partial charge in [0.2, 0.25) is 5.91 Å². The van der Waals surface area contributed by atoms with E-state index in [9.17, 15) is 4.79 Å². The molecule has 1 aliphatic heterocycles. The Kier molecular flexibility index (Phi) is 6.24. The van der Waals surface area contributed by atoms with Crippen LogP contribution in [-0.2, 0) is 4.79 Å². The van der Waals surface area contributed by atoms with Gasteiger partial charge in [0.25, 0.3) is 0 Å². The van der Waals surface area contributed by atoms with E-state index in [1.165, 1.54) is 11.3 Å². The zero-order valence-corrected chi connectivity index (χ0v) is 16.8. The Hall–Kier alpha value is -2.24. The van der Waals surface area contributed by atoms with Crippen molar-refractivity contribution >= 4 is 28.9 Å². The molecule has 6 heteroatoms. The molecular formula is C21H26ClN3O2. The Morgan fingerprint density at radius 2 is 1.85 bits per heavy atom. The highest BCUT2D eigenvalue weighted by molar-refractivity contribution is 6.31. The molecule has 0 unspecified atom stereocenters. The van der Waals surface area contributed by atoms with Crippen molar-refractivity contribution < 1.29 is 9.53 Å². The Morgan fingerprint density at radius 1 is 1.15 bits per heavy atom. The molecule has 0 aromatic heterocycles. The number of anilines is 2. The first-order valence-corrected chi connectivity index (χ1v) is 9.56. The third-order valence-corrected chi connectivity index (χ3v) is 5.35. The Balaban J connectivity index is 1.61. The standard InChI is InChI=1S/C21H26ClN3O2/c1-15-6-4-5-7-19(15)25-12-10-24(11-13-25)16(2)21(26)23-18-14-17(22)8-9-20(18)27-3/h4-9,14,16H,10-13H2,1-3H3,(H,23,26)/t16-/m1/s1. The number of nitrogens with one attached hydrogen (secondary N) is 1. The van der Waals surface area contributed by atoms with Crippen LogP contribution in [0.3, 0.4) is 0 Å². The second-order valence-electron chi connectivity index (χ2n) is 6.82. The van der Waals surface area contributed by atoms with E-state index in [1.807, 2.05) is 6.92 Å². The third-order valence-electron chi connectivity index (χ3n) is 5.12. The monoisotopic (exact) mass is 387 g/mol. The third kappa shape index (κ3) is 4.54. The maximum Gasteiger partial charge on any atom is 0.241 e. The van der Waals surface area contributed by atoms with Crippen LogP contribution in [0.25, 0.3) is 0 Å². The normalized spacial score (nSPS) is 16.1. The molecule has 0 radical (unpaired) electrons. The largest absolute Gasteiger partial charge is 0.495 e. The number of piperazine rings is 1. The molecule has 0 aliphatic carbocycles. The van der Waals surface area contributed by atoms with Crippen LogP contribution in [0.1, 0.15) is 12.5 Å². The number of benzene rings is 2. The van der Waals surface area contributed by atoms with Crippen molar-refractivity contribution in [3.8, 4) is 5.75 Å². The molecular weight excluding hydrogens is 362 g/mol. The molecule has 2 aromatic carbocycles. The molecule has 1 heterocycles. The van der Waals surface area contributed by atoms with Gasteiger partial charge >= 0.3 is 0 Å². The van der Waals surface area contributed by atoms with E-state index >= 15 is 0 Å². The predicted molar refractivity (Wildman–Crippen MR) is 111 cm³/mol. The summed E-state index contributed by atoms with van der Waals surface area (Å²) in [6.45, 7) is 7.57. The van der Waals surface area contributed by atoms with E-state index in [4.69, 9.17) is 16.3 Å². The molecule has 1 amide bonds. The summed E-state index contributed by atoms with van der Waals surface area (Å²) in [4.78, 5) is 17.3. The highest BCUT2D eigenvalue weighted by Crippen LogP contribution is 2.28. The molecule has 0 spiro atoms. The van der Waals surface area contributed by atoms with Crippen molar-refractivity contribution in [3.05, 3.63) is 53.1 Å². The number of ether oxygens (including phenoxy) is 1. The van der Waals surface area contributed by atoms with Gasteiger partial charge in [0.15, 0.2) is 0 Å². The summed E-state index contributed by atoms with van der Waals surface area (Å²) in [6.07, 6.45) is 0. The summed E-state index contributed by atoms with van der Waals surface area (Å²) in [7, 11) is 1.58. The van der Waals surface area contributed by atoms with Crippen LogP contribution in [0.2, 0.25) is 5.02 Å². The fourth-order valence-corrected chi connectivity index (χ4v) is 3.62. The number of carbonyl (C=O) groups excluding carboxylic acids is 1. The first kappa shape index (κ1) is 19.5. The van der Waals surface area contributed by atoms with Crippen molar-refractivity contribution in [1.82, 2.24) is 4.90 Å². The van der Waals surface area contributed by atoms with Gasteiger partial charge in [-0.15, -0.1) is 0 Å². The predicted octanol–water partition coefficient (Wildman–Crippen LogP) is 3.81. The van der Waals surface area contributed by atoms with E-state index in [0.29, 0.717) is 16.5 Å². The Morgan fingerprint density at radius 3 is 2.52 bits per heavy atom. The number of methoxy groups -OCH3 is 1. The van der Waals surface area contributed by atoms with Gasteiger partial charge in [0, 0.05) is 36.9 Å². The van der Waals surface area contributed by atoms with E-state index in [0.717, 1.165) is 26.2 Å². The lowest BCUT2D eigenvalue weighted by Gasteiger charge is -2.39. The number of aryl methyl sites for hydroxylation is 1. The number of nitrogens with zero attached hydrogens (tertiary/aromatic N) is 2. The second kappa shape index (κ2) is 8.63. The van der Waals surface area contributed by atoms with Crippen LogP contribution in [-0.4, -0.2) is 50.1 Å². The lowest BCUT2D eigenvalue weighted by Crippen LogP contribution is -2.53. The van der Waals surface area contributed by atoms with Crippen LogP contribution in [0.4, 0.5) is 11.4 Å². The van der Waals surface area contributed by atoms with E-state index in [1.54, 1.807) is 25.3 Å². The fourth-order valence-electron chi connectivity index (χ4n) is 3.45. The molecule has 144 valence electrons. The molecule has 0 saturated carbocycles. The molecule has 0 bridgehead atoms. The van der Waals surface area contributed by atoms with Gasteiger partial charge in [-0.2, -0.15) is 0 Å². The van der Waals surface area contributed by atoms with Crippen LogP contribution in [0.5, 0.6) is 5.75 Å². The summed E-state index contributed by atoms with van der Waals surface area (Å²) in [5.74, 6) is 0.546. The van der Waals surface area contributed by atoms with Crippen molar-refractivity contribution in [3.63, 3.8) is 0 Å². The maximum absolute atomic E-state index is 12.7. The summed E-state index contributed by atoms with van der Waals surface area (Å²) < 4.78 is 5.31. The van der Waals surface area contributed by atoms with Gasteiger partial charge in [-0.05, 0) is 43.7 Å². The highest BCUT2D eigenvalue weighted by Gasteiger charge is 2.26. The van der Waals surface area contributed by atoms with E-state index in [-0.39, 0.29) is 11.9 Å². The average molecular weight is 388 g/mol. The van der Waals surface area contributed by atoms with Crippen molar-refractivity contribution in [2.45, 2.75) is 19.9 Å². The van der Waals surface area contributed by atoms with Crippen molar-refractivity contribution in [2.24, 2.45) is 0 Å². The fraction of sp³-hybridized carbons (Fsp3) is 0.381. The molecule has 1 N–H and O–H groups in total. The molecule has 1 atom stereocenters.